The van der Waals surface area contributed by atoms with Gasteiger partial charge in [-0.25, -0.2) is 0 Å². The summed E-state index contributed by atoms with van der Waals surface area (Å²) in [6.45, 7) is 2.22. The molecular formula is C22H19N3O3S. The van der Waals surface area contributed by atoms with Crippen molar-refractivity contribution in [2.45, 2.75) is 13.3 Å². The average molecular weight is 405 g/mol. The number of hydrogen-bond donors (Lipinski definition) is 2. The average Bonchev–Trinajstić information content (AvgIpc) is 3.38. The van der Waals surface area contributed by atoms with Gasteiger partial charge in [0.05, 0.1) is 4.88 Å². The topological polar surface area (TPSA) is 78.5 Å². The van der Waals surface area contributed by atoms with Gasteiger partial charge in [0, 0.05) is 36.1 Å². The monoisotopic (exact) mass is 405 g/mol. The van der Waals surface area contributed by atoms with Crippen LogP contribution in [0.15, 0.2) is 60.0 Å². The van der Waals surface area contributed by atoms with Gasteiger partial charge in [0.2, 0.25) is 5.91 Å². The number of amides is 3. The molecule has 0 unspecified atom stereocenters. The number of hydrogen-bond acceptors (Lipinski definition) is 4. The molecule has 0 aliphatic carbocycles. The van der Waals surface area contributed by atoms with Crippen LogP contribution in [0.5, 0.6) is 0 Å². The minimum atomic E-state index is -0.234. The van der Waals surface area contributed by atoms with E-state index in [-0.39, 0.29) is 17.7 Å². The fourth-order valence-corrected chi connectivity index (χ4v) is 3.93. The Bertz CT molecular complexity index is 1080. The summed E-state index contributed by atoms with van der Waals surface area (Å²) in [6, 6.07) is 15.9. The van der Waals surface area contributed by atoms with Crippen molar-refractivity contribution in [3.8, 4) is 0 Å². The normalized spacial score (nSPS) is 12.4. The van der Waals surface area contributed by atoms with Gasteiger partial charge < -0.3 is 15.5 Å². The summed E-state index contributed by atoms with van der Waals surface area (Å²) in [4.78, 5) is 38.7. The fraction of sp³-hybridized carbons (Fsp3) is 0.136. The molecule has 2 heterocycles. The number of carbonyl (C=O) groups is 3. The number of nitrogens with one attached hydrogen (secondary N) is 2. The summed E-state index contributed by atoms with van der Waals surface area (Å²) in [6.07, 6.45) is 0.775. The number of thiophene rings is 1. The van der Waals surface area contributed by atoms with Gasteiger partial charge in [-0.15, -0.1) is 11.3 Å². The number of nitrogens with zero attached hydrogens (tertiary/aromatic N) is 1. The van der Waals surface area contributed by atoms with Crippen LogP contribution in [0.3, 0.4) is 0 Å². The van der Waals surface area contributed by atoms with Gasteiger partial charge in [0.25, 0.3) is 11.8 Å². The molecule has 7 heteroatoms. The molecule has 2 aromatic carbocycles. The molecule has 4 rings (SSSR count). The van der Waals surface area contributed by atoms with Crippen LogP contribution >= 0.6 is 11.3 Å². The van der Waals surface area contributed by atoms with E-state index in [9.17, 15) is 14.4 Å². The number of carbonyl (C=O) groups excluding carboxylic acids is 3. The first-order valence-corrected chi connectivity index (χ1v) is 10.1. The zero-order valence-electron chi connectivity index (χ0n) is 15.8. The van der Waals surface area contributed by atoms with Crippen LogP contribution in [0.2, 0.25) is 0 Å². The Morgan fingerprint density at radius 1 is 0.931 bits per heavy atom. The lowest BCUT2D eigenvalue weighted by Gasteiger charge is -2.15. The van der Waals surface area contributed by atoms with Gasteiger partial charge in [-0.1, -0.05) is 6.07 Å². The van der Waals surface area contributed by atoms with E-state index in [0.717, 1.165) is 17.7 Å². The first kappa shape index (κ1) is 18.9. The van der Waals surface area contributed by atoms with Crippen LogP contribution in [-0.2, 0) is 11.2 Å². The van der Waals surface area contributed by atoms with Crippen molar-refractivity contribution in [1.82, 2.24) is 0 Å². The first-order valence-electron chi connectivity index (χ1n) is 9.18. The Kier molecular flexibility index (Phi) is 5.14. The molecule has 0 saturated heterocycles. The van der Waals surface area contributed by atoms with Crippen molar-refractivity contribution in [3.05, 3.63) is 76.0 Å². The molecule has 146 valence electrons. The molecule has 1 aliphatic heterocycles. The van der Waals surface area contributed by atoms with E-state index in [1.54, 1.807) is 48.2 Å². The summed E-state index contributed by atoms with van der Waals surface area (Å²) >= 11 is 1.37. The SMILES string of the molecule is CC(=O)N1CCc2cc(NC(=O)c3ccc(NC(=O)c4cccs4)cc3)ccc21. The second-order valence-electron chi connectivity index (χ2n) is 6.73. The van der Waals surface area contributed by atoms with E-state index < -0.39 is 0 Å². The predicted octanol–water partition coefficient (Wildman–Crippen LogP) is 4.16. The number of benzene rings is 2. The molecule has 3 amide bonds. The van der Waals surface area contributed by atoms with E-state index in [2.05, 4.69) is 10.6 Å². The van der Waals surface area contributed by atoms with Gasteiger partial charge in [-0.2, -0.15) is 0 Å². The molecule has 0 atom stereocenters. The Hall–Kier alpha value is -3.45. The lowest BCUT2D eigenvalue weighted by atomic mass is 10.1. The molecular weight excluding hydrogens is 386 g/mol. The molecule has 1 aliphatic rings. The fourth-order valence-electron chi connectivity index (χ4n) is 3.32. The predicted molar refractivity (Wildman–Crippen MR) is 115 cm³/mol. The Labute approximate surface area is 172 Å². The number of anilines is 3. The Morgan fingerprint density at radius 3 is 2.34 bits per heavy atom. The van der Waals surface area contributed by atoms with Crippen LogP contribution < -0.4 is 15.5 Å². The molecule has 3 aromatic rings. The van der Waals surface area contributed by atoms with Gasteiger partial charge in [-0.3, -0.25) is 14.4 Å². The summed E-state index contributed by atoms with van der Waals surface area (Å²) in [5, 5.41) is 7.54. The van der Waals surface area contributed by atoms with Crippen molar-refractivity contribution < 1.29 is 14.4 Å². The van der Waals surface area contributed by atoms with Crippen LogP contribution in [0, 0.1) is 0 Å². The molecule has 0 fully saturated rings. The maximum absolute atomic E-state index is 12.5. The molecule has 6 nitrogen and oxygen atoms in total. The van der Waals surface area contributed by atoms with Crippen molar-refractivity contribution in [2.75, 3.05) is 22.1 Å². The summed E-state index contributed by atoms with van der Waals surface area (Å²) in [5.74, 6) is -0.385. The highest BCUT2D eigenvalue weighted by atomic mass is 32.1. The van der Waals surface area contributed by atoms with Crippen LogP contribution in [0.4, 0.5) is 17.1 Å². The number of rotatable bonds is 4. The highest BCUT2D eigenvalue weighted by Crippen LogP contribution is 2.30. The molecule has 29 heavy (non-hydrogen) atoms. The summed E-state index contributed by atoms with van der Waals surface area (Å²) < 4.78 is 0. The Balaban J connectivity index is 1.41. The van der Waals surface area contributed by atoms with Crippen molar-refractivity contribution in [2.24, 2.45) is 0 Å². The molecule has 0 saturated carbocycles. The molecule has 1 aromatic heterocycles. The molecule has 2 N–H and O–H groups in total. The third kappa shape index (κ3) is 4.05. The van der Waals surface area contributed by atoms with Crippen LogP contribution in [-0.4, -0.2) is 24.3 Å². The molecule has 0 spiro atoms. The molecule has 0 radical (unpaired) electrons. The van der Waals surface area contributed by atoms with E-state index in [1.807, 2.05) is 23.6 Å². The third-order valence-corrected chi connectivity index (χ3v) is 5.63. The minimum absolute atomic E-state index is 0.0202. The smallest absolute Gasteiger partial charge is 0.265 e. The number of fused-ring (bicyclic) bond motifs is 1. The lowest BCUT2D eigenvalue weighted by Crippen LogP contribution is -2.25. The van der Waals surface area contributed by atoms with E-state index in [0.29, 0.717) is 28.4 Å². The first-order chi connectivity index (χ1) is 14.0. The highest BCUT2D eigenvalue weighted by Gasteiger charge is 2.22. The maximum atomic E-state index is 12.5. The van der Waals surface area contributed by atoms with E-state index in [4.69, 9.17) is 0 Å². The summed E-state index contributed by atoms with van der Waals surface area (Å²) in [5.41, 5.74) is 3.76. The summed E-state index contributed by atoms with van der Waals surface area (Å²) in [7, 11) is 0. The van der Waals surface area contributed by atoms with Gasteiger partial charge >= 0.3 is 0 Å². The quantitative estimate of drug-likeness (QED) is 0.684. The highest BCUT2D eigenvalue weighted by molar-refractivity contribution is 7.12. The van der Waals surface area contributed by atoms with Gasteiger partial charge in [0.1, 0.15) is 0 Å². The van der Waals surface area contributed by atoms with Gasteiger partial charge in [-0.05, 0) is 65.9 Å². The molecule has 0 bridgehead atoms. The van der Waals surface area contributed by atoms with Crippen molar-refractivity contribution >= 4 is 46.1 Å². The zero-order valence-corrected chi connectivity index (χ0v) is 16.6. The lowest BCUT2D eigenvalue weighted by molar-refractivity contribution is -0.116. The van der Waals surface area contributed by atoms with Gasteiger partial charge in [0.15, 0.2) is 0 Å². The van der Waals surface area contributed by atoms with Crippen LogP contribution in [0.1, 0.15) is 32.5 Å². The van der Waals surface area contributed by atoms with E-state index >= 15 is 0 Å². The van der Waals surface area contributed by atoms with Crippen molar-refractivity contribution in [1.29, 1.82) is 0 Å². The third-order valence-electron chi connectivity index (χ3n) is 4.76. The largest absolute Gasteiger partial charge is 0.322 e. The Morgan fingerprint density at radius 2 is 1.66 bits per heavy atom. The zero-order chi connectivity index (χ0) is 20.4. The second-order valence-corrected chi connectivity index (χ2v) is 7.67. The second kappa shape index (κ2) is 7.89. The van der Waals surface area contributed by atoms with Crippen LogP contribution in [0.25, 0.3) is 0 Å². The van der Waals surface area contributed by atoms with Crippen molar-refractivity contribution in [3.63, 3.8) is 0 Å². The standard InChI is InChI=1S/C22H19N3O3S/c1-14(26)25-11-10-16-13-18(8-9-19(16)25)24-21(27)15-4-6-17(7-5-15)23-22(28)20-3-2-12-29-20/h2-9,12-13H,10-11H2,1H3,(H,23,28)(H,24,27). The maximum Gasteiger partial charge on any atom is 0.265 e. The minimum Gasteiger partial charge on any atom is -0.322 e. The van der Waals surface area contributed by atoms with E-state index in [1.165, 1.54) is 11.3 Å².